The molecule has 39 heavy (non-hydrogen) atoms. The van der Waals surface area contributed by atoms with E-state index in [4.69, 9.17) is 27.9 Å². The summed E-state index contributed by atoms with van der Waals surface area (Å²) in [6.45, 7) is 3.28. The molecule has 1 unspecified atom stereocenters. The molecular formula is C30H37Cl2N3O4. The van der Waals surface area contributed by atoms with Crippen LogP contribution in [0.5, 0.6) is 0 Å². The van der Waals surface area contributed by atoms with E-state index in [1.54, 1.807) is 15.9 Å². The minimum atomic E-state index is -0.881. The number of benzene rings is 2. The zero-order valence-electron chi connectivity index (χ0n) is 22.7. The number of hydrogen-bond donors (Lipinski definition) is 0. The van der Waals surface area contributed by atoms with Crippen molar-refractivity contribution in [2.45, 2.75) is 50.0 Å². The number of esters is 1. The fourth-order valence-corrected chi connectivity index (χ4v) is 6.17. The number of halogens is 2. The Morgan fingerprint density at radius 3 is 2.38 bits per heavy atom. The predicted octanol–water partition coefficient (Wildman–Crippen LogP) is 5.26. The normalized spacial score (nSPS) is 18.5. The second-order valence-corrected chi connectivity index (χ2v) is 11.4. The molecule has 0 aromatic heterocycles. The third-order valence-corrected chi connectivity index (χ3v) is 8.90. The number of carbonyl (C=O) groups is 3. The van der Waals surface area contributed by atoms with Crippen molar-refractivity contribution in [1.82, 2.24) is 14.7 Å². The zero-order chi connectivity index (χ0) is 28.0. The average molecular weight is 575 g/mol. The molecule has 9 heteroatoms. The summed E-state index contributed by atoms with van der Waals surface area (Å²) >= 11 is 12.6. The molecule has 0 radical (unpaired) electrons. The minimum Gasteiger partial charge on any atom is -0.467 e. The summed E-state index contributed by atoms with van der Waals surface area (Å²) in [5.41, 5.74) is 0.793. The van der Waals surface area contributed by atoms with Crippen LogP contribution in [0.2, 0.25) is 10.0 Å². The van der Waals surface area contributed by atoms with Crippen LogP contribution < -0.4 is 0 Å². The summed E-state index contributed by atoms with van der Waals surface area (Å²) in [5, 5.41) is 0.985. The third-order valence-electron chi connectivity index (χ3n) is 8.16. The number of hydrogen-bond acceptors (Lipinski definition) is 5. The van der Waals surface area contributed by atoms with E-state index in [2.05, 4.69) is 4.90 Å². The Morgan fingerprint density at radius 1 is 1.03 bits per heavy atom. The molecule has 0 saturated carbocycles. The Balaban J connectivity index is 1.45. The smallest absolute Gasteiger partial charge is 0.331 e. The van der Waals surface area contributed by atoms with Crippen molar-refractivity contribution in [3.05, 3.63) is 69.7 Å². The lowest BCUT2D eigenvalue weighted by molar-refractivity contribution is -0.167. The maximum absolute atomic E-state index is 13.1. The Morgan fingerprint density at radius 2 is 1.74 bits per heavy atom. The molecule has 2 aliphatic heterocycles. The van der Waals surface area contributed by atoms with Crippen LogP contribution in [0, 0.1) is 0 Å². The molecule has 0 aliphatic carbocycles. The highest BCUT2D eigenvalue weighted by molar-refractivity contribution is 6.42. The van der Waals surface area contributed by atoms with Crippen LogP contribution in [-0.4, -0.2) is 84.9 Å². The topological polar surface area (TPSA) is 70.2 Å². The van der Waals surface area contributed by atoms with Crippen molar-refractivity contribution in [2.24, 2.45) is 0 Å². The summed E-state index contributed by atoms with van der Waals surface area (Å²) in [7, 11) is 3.22. The van der Waals surface area contributed by atoms with Gasteiger partial charge in [0.05, 0.1) is 17.2 Å². The van der Waals surface area contributed by atoms with Gasteiger partial charge >= 0.3 is 5.97 Å². The molecule has 0 N–H and O–H groups in total. The highest BCUT2D eigenvalue weighted by atomic mass is 35.5. The van der Waals surface area contributed by atoms with Crippen molar-refractivity contribution in [3.8, 4) is 0 Å². The van der Waals surface area contributed by atoms with Gasteiger partial charge in [0, 0.05) is 51.1 Å². The quantitative estimate of drug-likeness (QED) is 0.383. The Bertz CT molecular complexity index is 1170. The van der Waals surface area contributed by atoms with E-state index in [0.717, 1.165) is 31.4 Å². The van der Waals surface area contributed by atoms with Crippen LogP contribution in [0.25, 0.3) is 0 Å². The lowest BCUT2D eigenvalue weighted by Crippen LogP contribution is -2.63. The van der Waals surface area contributed by atoms with Gasteiger partial charge in [-0.05, 0) is 68.5 Å². The van der Waals surface area contributed by atoms with Gasteiger partial charge in [-0.3, -0.25) is 9.59 Å². The van der Waals surface area contributed by atoms with Gasteiger partial charge in [0.15, 0.2) is 0 Å². The van der Waals surface area contributed by atoms with Gasteiger partial charge in [0.25, 0.3) is 5.91 Å². The van der Waals surface area contributed by atoms with Crippen LogP contribution in [-0.2, 0) is 14.3 Å². The number of nitrogens with zero attached hydrogens (tertiary/aromatic N) is 3. The molecule has 2 amide bonds. The van der Waals surface area contributed by atoms with E-state index < -0.39 is 5.54 Å². The Kier molecular flexibility index (Phi) is 9.91. The maximum atomic E-state index is 13.1. The molecule has 2 aromatic rings. The molecule has 0 bridgehead atoms. The fourth-order valence-electron chi connectivity index (χ4n) is 5.86. The third kappa shape index (κ3) is 6.76. The van der Waals surface area contributed by atoms with E-state index in [-0.39, 0.29) is 23.7 Å². The van der Waals surface area contributed by atoms with Crippen molar-refractivity contribution < 1.29 is 19.1 Å². The highest BCUT2D eigenvalue weighted by Crippen LogP contribution is 2.35. The fraction of sp³-hybridized carbons (Fsp3) is 0.500. The SMILES string of the molecule is COC(=O)C1(N2CCCCC2=O)CCN(CCC(CN(C)C(=O)c2ccccc2)c2ccc(Cl)c(Cl)c2)CC1. The molecule has 2 aliphatic rings. The largest absolute Gasteiger partial charge is 0.467 e. The number of methoxy groups -OCH3 is 1. The summed E-state index contributed by atoms with van der Waals surface area (Å²) in [5.74, 6) is -0.265. The van der Waals surface area contributed by atoms with Crippen molar-refractivity contribution in [3.63, 3.8) is 0 Å². The number of likely N-dealkylation sites (N-methyl/N-ethyl adjacent to an activating group) is 1. The predicted molar refractivity (Wildman–Crippen MR) is 153 cm³/mol. The first-order chi connectivity index (χ1) is 18.7. The van der Waals surface area contributed by atoms with Crippen LogP contribution in [0.1, 0.15) is 60.4 Å². The molecule has 2 saturated heterocycles. The molecule has 2 heterocycles. The number of amides is 2. The number of piperidine rings is 2. The van der Waals surface area contributed by atoms with Gasteiger partial charge in [-0.15, -0.1) is 0 Å². The zero-order valence-corrected chi connectivity index (χ0v) is 24.2. The minimum absolute atomic E-state index is 0.0345. The van der Waals surface area contributed by atoms with Gasteiger partial charge in [-0.1, -0.05) is 47.5 Å². The summed E-state index contributed by atoms with van der Waals surface area (Å²) in [6.07, 6.45) is 4.16. The number of likely N-dealkylation sites (tertiary alicyclic amines) is 2. The van der Waals surface area contributed by atoms with Gasteiger partial charge in [-0.25, -0.2) is 4.79 Å². The lowest BCUT2D eigenvalue weighted by Gasteiger charge is -2.48. The Labute approximate surface area is 241 Å². The average Bonchev–Trinajstić information content (AvgIpc) is 2.96. The van der Waals surface area contributed by atoms with E-state index >= 15 is 0 Å². The van der Waals surface area contributed by atoms with Crippen LogP contribution in [0.15, 0.2) is 48.5 Å². The summed E-state index contributed by atoms with van der Waals surface area (Å²) in [4.78, 5) is 44.6. The van der Waals surface area contributed by atoms with Gasteiger partial charge in [0.2, 0.25) is 5.91 Å². The van der Waals surface area contributed by atoms with E-state index in [0.29, 0.717) is 61.1 Å². The molecule has 210 valence electrons. The first-order valence-corrected chi connectivity index (χ1v) is 14.4. The Hall–Kier alpha value is -2.61. The second-order valence-electron chi connectivity index (χ2n) is 10.6. The first kappa shape index (κ1) is 29.4. The molecule has 7 nitrogen and oxygen atoms in total. The molecule has 1 atom stereocenters. The van der Waals surface area contributed by atoms with Gasteiger partial charge in [0.1, 0.15) is 5.54 Å². The van der Waals surface area contributed by atoms with E-state index in [9.17, 15) is 14.4 Å². The van der Waals surface area contributed by atoms with Crippen LogP contribution in [0.4, 0.5) is 0 Å². The number of carbonyl (C=O) groups excluding carboxylic acids is 3. The first-order valence-electron chi connectivity index (χ1n) is 13.6. The summed E-state index contributed by atoms with van der Waals surface area (Å²) in [6, 6.07) is 14.9. The van der Waals surface area contributed by atoms with E-state index in [1.165, 1.54) is 7.11 Å². The summed E-state index contributed by atoms with van der Waals surface area (Å²) < 4.78 is 5.20. The molecule has 2 aromatic carbocycles. The maximum Gasteiger partial charge on any atom is 0.331 e. The molecule has 0 spiro atoms. The molecular weight excluding hydrogens is 537 g/mol. The molecule has 4 rings (SSSR count). The van der Waals surface area contributed by atoms with Crippen molar-refractivity contribution >= 4 is 41.0 Å². The van der Waals surface area contributed by atoms with Crippen molar-refractivity contribution in [1.29, 1.82) is 0 Å². The molecule has 2 fully saturated rings. The highest BCUT2D eigenvalue weighted by Gasteiger charge is 2.49. The van der Waals surface area contributed by atoms with Crippen LogP contribution in [0.3, 0.4) is 0 Å². The standard InChI is InChI=1S/C30H37Cl2N3O4/c1-33(28(37)22-8-4-3-5-9-22)21-24(23-11-12-25(31)26(32)20-23)13-17-34-18-14-30(15-19-34,29(38)39-2)35-16-7-6-10-27(35)36/h3-5,8-9,11-12,20,24H,6-7,10,13-19,21H2,1-2H3. The second kappa shape index (κ2) is 13.2. The monoisotopic (exact) mass is 573 g/mol. The number of ether oxygens (including phenoxy) is 1. The van der Waals surface area contributed by atoms with Gasteiger partial charge in [-0.2, -0.15) is 0 Å². The van der Waals surface area contributed by atoms with Gasteiger partial charge < -0.3 is 19.4 Å². The van der Waals surface area contributed by atoms with Crippen molar-refractivity contribution in [2.75, 3.05) is 46.9 Å². The number of rotatable bonds is 9. The lowest BCUT2D eigenvalue weighted by atomic mass is 9.83. The van der Waals surface area contributed by atoms with E-state index in [1.807, 2.05) is 49.5 Å². The van der Waals surface area contributed by atoms with Crippen LogP contribution >= 0.6 is 23.2 Å².